The number of nitrogens with zero attached hydrogens (tertiary/aromatic N) is 1. The summed E-state index contributed by atoms with van der Waals surface area (Å²) < 4.78 is 30.8. The van der Waals surface area contributed by atoms with Gasteiger partial charge in [0, 0.05) is 11.6 Å². The molecule has 0 unspecified atom stereocenters. The Balaban J connectivity index is 2.07. The molecule has 0 spiro atoms. The molecular weight excluding hydrogens is 388 g/mol. The Morgan fingerprint density at radius 1 is 1.19 bits per heavy atom. The highest BCUT2D eigenvalue weighted by Crippen LogP contribution is 2.30. The highest BCUT2D eigenvalue weighted by molar-refractivity contribution is 7.92. The summed E-state index contributed by atoms with van der Waals surface area (Å²) in [7, 11) is -2.21. The first-order valence-electron chi connectivity index (χ1n) is 8.34. The number of methoxy groups -OCH3 is 1. The highest BCUT2D eigenvalue weighted by Gasteiger charge is 2.24. The Labute approximate surface area is 165 Å². The fraction of sp³-hybridized carbons (Fsp3) is 0.316. The van der Waals surface area contributed by atoms with Crippen molar-refractivity contribution in [1.82, 2.24) is 5.32 Å². The number of sulfonamides is 1. The van der Waals surface area contributed by atoms with Crippen LogP contribution in [-0.2, 0) is 21.2 Å². The summed E-state index contributed by atoms with van der Waals surface area (Å²) >= 11 is 5.85. The monoisotopic (exact) mass is 410 g/mol. The maximum Gasteiger partial charge on any atom is 0.240 e. The second-order valence-electron chi connectivity index (χ2n) is 6.17. The zero-order valence-electron chi connectivity index (χ0n) is 15.5. The Morgan fingerprint density at radius 3 is 2.44 bits per heavy atom. The van der Waals surface area contributed by atoms with Gasteiger partial charge in [0.2, 0.25) is 15.9 Å². The fourth-order valence-corrected chi connectivity index (χ4v) is 3.54. The predicted octanol–water partition coefficient (Wildman–Crippen LogP) is 2.78. The van der Waals surface area contributed by atoms with Crippen molar-refractivity contribution in [3.8, 4) is 5.75 Å². The summed E-state index contributed by atoms with van der Waals surface area (Å²) in [6.45, 7) is 1.91. The second kappa shape index (κ2) is 9.10. The molecule has 1 amide bonds. The number of anilines is 1. The van der Waals surface area contributed by atoms with Crippen LogP contribution in [-0.4, -0.2) is 40.8 Å². The first-order valence-corrected chi connectivity index (χ1v) is 10.6. The average Bonchev–Trinajstić information content (AvgIpc) is 2.60. The van der Waals surface area contributed by atoms with Crippen LogP contribution >= 0.6 is 11.6 Å². The number of aryl methyl sites for hydroxylation is 1. The van der Waals surface area contributed by atoms with E-state index in [1.54, 1.807) is 24.3 Å². The molecule has 146 valence electrons. The molecule has 0 fully saturated rings. The lowest BCUT2D eigenvalue weighted by molar-refractivity contribution is -0.119. The van der Waals surface area contributed by atoms with E-state index in [9.17, 15) is 13.2 Å². The number of benzene rings is 2. The third kappa shape index (κ3) is 6.15. The number of carbonyl (C=O) groups is 1. The molecule has 2 aromatic rings. The summed E-state index contributed by atoms with van der Waals surface area (Å²) in [6.07, 6.45) is 1.69. The van der Waals surface area contributed by atoms with Gasteiger partial charge in [-0.15, -0.1) is 0 Å². The maximum atomic E-state index is 12.3. The van der Waals surface area contributed by atoms with Crippen molar-refractivity contribution >= 4 is 33.2 Å². The van der Waals surface area contributed by atoms with Gasteiger partial charge in [-0.2, -0.15) is 0 Å². The van der Waals surface area contributed by atoms with Gasteiger partial charge >= 0.3 is 0 Å². The molecule has 27 heavy (non-hydrogen) atoms. The third-order valence-electron chi connectivity index (χ3n) is 3.94. The molecule has 0 heterocycles. The molecule has 0 saturated carbocycles. The Kier molecular flexibility index (Phi) is 7.10. The molecule has 0 aliphatic carbocycles. The molecule has 2 aromatic carbocycles. The summed E-state index contributed by atoms with van der Waals surface area (Å²) in [6, 6.07) is 12.5. The van der Waals surface area contributed by atoms with Gasteiger partial charge in [0.05, 0.1) is 19.1 Å². The molecule has 6 nitrogen and oxygen atoms in total. The van der Waals surface area contributed by atoms with Crippen LogP contribution < -0.4 is 14.4 Å². The quantitative estimate of drug-likeness (QED) is 0.726. The minimum atomic E-state index is -3.67. The van der Waals surface area contributed by atoms with Crippen LogP contribution in [0.15, 0.2) is 42.5 Å². The number of rotatable bonds is 8. The van der Waals surface area contributed by atoms with Crippen LogP contribution in [0.4, 0.5) is 5.69 Å². The van der Waals surface area contributed by atoms with E-state index in [2.05, 4.69) is 5.32 Å². The molecule has 0 saturated heterocycles. The van der Waals surface area contributed by atoms with Crippen LogP contribution in [0.2, 0.25) is 5.02 Å². The summed E-state index contributed by atoms with van der Waals surface area (Å²) in [5, 5.41) is 3.40. The van der Waals surface area contributed by atoms with Crippen LogP contribution in [0.1, 0.15) is 11.1 Å². The molecule has 0 aliphatic heterocycles. The number of ether oxygens (including phenoxy) is 1. The smallest absolute Gasteiger partial charge is 0.240 e. The topological polar surface area (TPSA) is 75.7 Å². The Morgan fingerprint density at radius 2 is 1.85 bits per heavy atom. The lowest BCUT2D eigenvalue weighted by atomic mass is 10.1. The van der Waals surface area contributed by atoms with Gasteiger partial charge in [0.25, 0.3) is 0 Å². The van der Waals surface area contributed by atoms with E-state index in [4.69, 9.17) is 16.3 Å². The minimum absolute atomic E-state index is 0.320. The molecule has 1 N–H and O–H groups in total. The summed E-state index contributed by atoms with van der Waals surface area (Å²) in [4.78, 5) is 12.3. The second-order valence-corrected chi connectivity index (χ2v) is 8.51. The van der Waals surface area contributed by atoms with Crippen LogP contribution in [0.3, 0.4) is 0 Å². The lowest BCUT2D eigenvalue weighted by Crippen LogP contribution is -2.41. The van der Waals surface area contributed by atoms with E-state index in [0.29, 0.717) is 29.4 Å². The molecular formula is C19H23ClN2O4S. The van der Waals surface area contributed by atoms with E-state index in [1.807, 2.05) is 25.1 Å². The van der Waals surface area contributed by atoms with E-state index in [0.717, 1.165) is 21.7 Å². The Bertz CT molecular complexity index is 898. The first-order chi connectivity index (χ1) is 12.7. The fourth-order valence-electron chi connectivity index (χ4n) is 2.56. The van der Waals surface area contributed by atoms with E-state index in [1.165, 1.54) is 7.11 Å². The van der Waals surface area contributed by atoms with E-state index in [-0.39, 0.29) is 6.54 Å². The number of hydrogen-bond acceptors (Lipinski definition) is 4. The summed E-state index contributed by atoms with van der Waals surface area (Å²) in [5.41, 5.74) is 2.23. The number of nitrogens with one attached hydrogen (secondary N) is 1. The van der Waals surface area contributed by atoms with Crippen LogP contribution in [0, 0.1) is 6.92 Å². The predicted molar refractivity (Wildman–Crippen MR) is 108 cm³/mol. The van der Waals surface area contributed by atoms with Gasteiger partial charge in [-0.05, 0) is 48.7 Å². The van der Waals surface area contributed by atoms with Crippen molar-refractivity contribution in [3.05, 3.63) is 58.6 Å². The Hall–Kier alpha value is -2.25. The van der Waals surface area contributed by atoms with Gasteiger partial charge in [-0.3, -0.25) is 9.10 Å². The van der Waals surface area contributed by atoms with Gasteiger partial charge < -0.3 is 10.1 Å². The standard InChI is InChI=1S/C19H23ClN2O4S/c1-14-4-9-18(26-2)17(12-14)22(27(3,24)25)13-19(23)21-11-10-15-5-7-16(20)8-6-15/h4-9,12H,10-11,13H2,1-3H3,(H,21,23). The molecule has 0 aromatic heterocycles. The number of amides is 1. The van der Waals surface area contributed by atoms with Crippen molar-refractivity contribution in [3.63, 3.8) is 0 Å². The molecule has 2 rings (SSSR count). The normalized spacial score (nSPS) is 11.1. The van der Waals surface area contributed by atoms with Crippen molar-refractivity contribution in [1.29, 1.82) is 0 Å². The van der Waals surface area contributed by atoms with E-state index < -0.39 is 15.9 Å². The van der Waals surface area contributed by atoms with Gasteiger partial charge in [-0.1, -0.05) is 29.8 Å². The van der Waals surface area contributed by atoms with Crippen molar-refractivity contribution < 1.29 is 17.9 Å². The lowest BCUT2D eigenvalue weighted by Gasteiger charge is -2.24. The van der Waals surface area contributed by atoms with Crippen LogP contribution in [0.5, 0.6) is 5.75 Å². The third-order valence-corrected chi connectivity index (χ3v) is 5.32. The molecule has 0 atom stereocenters. The average molecular weight is 411 g/mol. The molecule has 8 heteroatoms. The zero-order valence-corrected chi connectivity index (χ0v) is 17.1. The first kappa shape index (κ1) is 21.1. The van der Waals surface area contributed by atoms with Crippen molar-refractivity contribution in [2.75, 3.05) is 30.8 Å². The van der Waals surface area contributed by atoms with Crippen molar-refractivity contribution in [2.24, 2.45) is 0 Å². The van der Waals surface area contributed by atoms with E-state index >= 15 is 0 Å². The van der Waals surface area contributed by atoms with Gasteiger partial charge in [0.15, 0.2) is 0 Å². The summed E-state index contributed by atoms with van der Waals surface area (Å²) in [5.74, 6) is -0.00191. The highest BCUT2D eigenvalue weighted by atomic mass is 35.5. The van der Waals surface area contributed by atoms with Gasteiger partial charge in [0.1, 0.15) is 12.3 Å². The SMILES string of the molecule is COc1ccc(C)cc1N(CC(=O)NCCc1ccc(Cl)cc1)S(C)(=O)=O. The largest absolute Gasteiger partial charge is 0.495 e. The maximum absolute atomic E-state index is 12.3. The number of halogens is 1. The van der Waals surface area contributed by atoms with Gasteiger partial charge in [-0.25, -0.2) is 8.42 Å². The molecule has 0 radical (unpaired) electrons. The number of carbonyl (C=O) groups excluding carboxylic acids is 1. The molecule has 0 aliphatic rings. The van der Waals surface area contributed by atoms with Crippen LogP contribution in [0.25, 0.3) is 0 Å². The zero-order chi connectivity index (χ0) is 20.0. The minimum Gasteiger partial charge on any atom is -0.495 e. The number of hydrogen-bond donors (Lipinski definition) is 1. The van der Waals surface area contributed by atoms with Crippen molar-refractivity contribution in [2.45, 2.75) is 13.3 Å². The molecule has 0 bridgehead atoms.